The second-order valence-electron chi connectivity index (χ2n) is 3.04. The average Bonchev–Trinajstić information content (AvgIpc) is 2.15. The van der Waals surface area contributed by atoms with E-state index in [9.17, 15) is 0 Å². The lowest BCUT2D eigenvalue weighted by atomic mass is 10.3. The molecule has 0 aliphatic heterocycles. The van der Waals surface area contributed by atoms with Gasteiger partial charge in [-0.1, -0.05) is 15.9 Å². The fourth-order valence-corrected chi connectivity index (χ4v) is 3.58. The lowest BCUT2D eigenvalue weighted by molar-refractivity contribution is 0.304. The van der Waals surface area contributed by atoms with Crippen LogP contribution in [0.15, 0.2) is 25.6 Å². The molecule has 0 fully saturated rings. The first kappa shape index (κ1) is 13.5. The van der Waals surface area contributed by atoms with Crippen LogP contribution >= 0.6 is 47.8 Å². The molecular weight excluding hydrogens is 390 g/mol. The van der Waals surface area contributed by atoms with E-state index in [2.05, 4.69) is 47.8 Å². The molecule has 0 aliphatic carbocycles. The Hall–Kier alpha value is 0.420. The van der Waals surface area contributed by atoms with Gasteiger partial charge in [-0.15, -0.1) is 0 Å². The Bertz CT molecular complexity index is 307. The lowest BCUT2D eigenvalue weighted by Crippen LogP contribution is -2.04. The van der Waals surface area contributed by atoms with Crippen LogP contribution in [-0.2, 0) is 0 Å². The van der Waals surface area contributed by atoms with Crippen LogP contribution < -0.4 is 10.5 Å². The van der Waals surface area contributed by atoms with Crippen molar-refractivity contribution in [3.05, 3.63) is 25.6 Å². The number of hydrogen-bond donors (Lipinski definition) is 1. The highest BCUT2D eigenvalue weighted by molar-refractivity contribution is 9.11. The third-order valence-corrected chi connectivity index (χ3v) is 3.44. The van der Waals surface area contributed by atoms with Crippen LogP contribution in [0.4, 0.5) is 0 Å². The third kappa shape index (κ3) is 4.43. The van der Waals surface area contributed by atoms with E-state index in [0.717, 1.165) is 32.0 Å². The minimum atomic E-state index is 0.691. The number of rotatable bonds is 5. The van der Waals surface area contributed by atoms with Gasteiger partial charge in [0.05, 0.1) is 15.6 Å². The van der Waals surface area contributed by atoms with Crippen molar-refractivity contribution >= 4 is 47.8 Å². The summed E-state index contributed by atoms with van der Waals surface area (Å²) < 4.78 is 8.55. The van der Waals surface area contributed by atoms with Crippen molar-refractivity contribution in [3.63, 3.8) is 0 Å². The van der Waals surface area contributed by atoms with Gasteiger partial charge in [-0.2, -0.15) is 0 Å². The number of nitrogens with two attached hydrogens (primary N) is 1. The normalized spacial score (nSPS) is 10.4. The van der Waals surface area contributed by atoms with Gasteiger partial charge in [-0.05, 0) is 63.4 Å². The first-order chi connectivity index (χ1) is 7.15. The second kappa shape index (κ2) is 6.89. The number of hydrogen-bond acceptors (Lipinski definition) is 2. The van der Waals surface area contributed by atoms with Gasteiger partial charge in [0.15, 0.2) is 0 Å². The van der Waals surface area contributed by atoms with Crippen molar-refractivity contribution in [1.29, 1.82) is 0 Å². The van der Waals surface area contributed by atoms with E-state index in [1.807, 2.05) is 12.1 Å². The Kier molecular flexibility index (Phi) is 6.19. The van der Waals surface area contributed by atoms with E-state index in [4.69, 9.17) is 10.5 Å². The molecule has 1 rings (SSSR count). The predicted molar refractivity (Wildman–Crippen MR) is 73.3 cm³/mol. The molecule has 0 atom stereocenters. The SMILES string of the molecule is NCCCCOc1c(Br)cc(Br)cc1Br. The molecule has 0 saturated heterocycles. The summed E-state index contributed by atoms with van der Waals surface area (Å²) in [4.78, 5) is 0. The van der Waals surface area contributed by atoms with Gasteiger partial charge in [-0.3, -0.25) is 0 Å². The van der Waals surface area contributed by atoms with E-state index in [-0.39, 0.29) is 0 Å². The lowest BCUT2D eigenvalue weighted by Gasteiger charge is -2.10. The zero-order valence-electron chi connectivity index (χ0n) is 8.10. The standard InChI is InChI=1S/C10H12Br3NO/c11-7-5-8(12)10(9(13)6-7)15-4-2-1-3-14/h5-6H,1-4,14H2. The van der Waals surface area contributed by atoms with Gasteiger partial charge in [-0.25, -0.2) is 0 Å². The van der Waals surface area contributed by atoms with E-state index in [1.54, 1.807) is 0 Å². The van der Waals surface area contributed by atoms with Crippen molar-refractivity contribution in [2.75, 3.05) is 13.2 Å². The molecule has 0 aromatic heterocycles. The first-order valence-electron chi connectivity index (χ1n) is 4.62. The van der Waals surface area contributed by atoms with Gasteiger partial charge in [0, 0.05) is 4.47 Å². The maximum atomic E-state index is 5.65. The second-order valence-corrected chi connectivity index (χ2v) is 5.67. The molecular formula is C10H12Br3NO. The minimum absolute atomic E-state index is 0.691. The Balaban J connectivity index is 2.60. The maximum Gasteiger partial charge on any atom is 0.147 e. The van der Waals surface area contributed by atoms with Gasteiger partial charge in [0.1, 0.15) is 5.75 Å². The topological polar surface area (TPSA) is 35.2 Å². The van der Waals surface area contributed by atoms with Crippen LogP contribution in [0.1, 0.15) is 12.8 Å². The fourth-order valence-electron chi connectivity index (χ4n) is 1.09. The van der Waals surface area contributed by atoms with Crippen LogP contribution in [0.3, 0.4) is 0 Å². The summed E-state index contributed by atoms with van der Waals surface area (Å²) in [5.41, 5.74) is 5.41. The molecule has 0 saturated carbocycles. The summed E-state index contributed by atoms with van der Waals surface area (Å²) in [6.07, 6.45) is 1.97. The van der Waals surface area contributed by atoms with Crippen molar-refractivity contribution < 1.29 is 4.74 Å². The molecule has 15 heavy (non-hydrogen) atoms. The number of unbranched alkanes of at least 4 members (excludes halogenated alkanes) is 1. The van der Waals surface area contributed by atoms with Gasteiger partial charge in [0.2, 0.25) is 0 Å². The summed E-state index contributed by atoms with van der Waals surface area (Å²) in [7, 11) is 0. The number of ether oxygens (including phenoxy) is 1. The van der Waals surface area contributed by atoms with Crippen LogP contribution in [0.5, 0.6) is 5.75 Å². The number of halogens is 3. The van der Waals surface area contributed by atoms with Gasteiger partial charge < -0.3 is 10.5 Å². The monoisotopic (exact) mass is 399 g/mol. The molecule has 84 valence electrons. The van der Waals surface area contributed by atoms with Crippen LogP contribution in [0, 0.1) is 0 Å². The molecule has 0 bridgehead atoms. The Labute approximate surface area is 115 Å². The Morgan fingerprint density at radius 2 is 1.67 bits per heavy atom. The zero-order chi connectivity index (χ0) is 11.3. The molecule has 1 aromatic rings. The van der Waals surface area contributed by atoms with E-state index < -0.39 is 0 Å². The molecule has 2 nitrogen and oxygen atoms in total. The predicted octanol–water partition coefficient (Wildman–Crippen LogP) is 4.09. The highest BCUT2D eigenvalue weighted by atomic mass is 79.9. The molecule has 0 aliphatic rings. The summed E-state index contributed by atoms with van der Waals surface area (Å²) in [6.45, 7) is 1.40. The maximum absolute atomic E-state index is 5.65. The number of benzene rings is 1. The highest BCUT2D eigenvalue weighted by Gasteiger charge is 2.07. The first-order valence-corrected chi connectivity index (χ1v) is 7.00. The van der Waals surface area contributed by atoms with E-state index in [1.165, 1.54) is 0 Å². The summed E-state index contributed by atoms with van der Waals surface area (Å²) in [6, 6.07) is 3.92. The highest BCUT2D eigenvalue weighted by Crippen LogP contribution is 2.36. The van der Waals surface area contributed by atoms with Crippen molar-refractivity contribution in [3.8, 4) is 5.75 Å². The molecule has 0 radical (unpaired) electrons. The van der Waals surface area contributed by atoms with Crippen LogP contribution in [0.25, 0.3) is 0 Å². The molecule has 0 amide bonds. The quantitative estimate of drug-likeness (QED) is 0.754. The van der Waals surface area contributed by atoms with E-state index >= 15 is 0 Å². The molecule has 0 unspecified atom stereocenters. The van der Waals surface area contributed by atoms with Crippen molar-refractivity contribution in [2.24, 2.45) is 5.73 Å². The van der Waals surface area contributed by atoms with E-state index in [0.29, 0.717) is 13.2 Å². The van der Waals surface area contributed by atoms with Crippen LogP contribution in [0.2, 0.25) is 0 Å². The Morgan fingerprint density at radius 1 is 1.07 bits per heavy atom. The van der Waals surface area contributed by atoms with Crippen LogP contribution in [-0.4, -0.2) is 13.2 Å². The third-order valence-electron chi connectivity index (χ3n) is 1.81. The summed E-state index contributed by atoms with van der Waals surface area (Å²) in [5, 5.41) is 0. The van der Waals surface area contributed by atoms with Crippen molar-refractivity contribution in [2.45, 2.75) is 12.8 Å². The molecule has 1 aromatic carbocycles. The largest absolute Gasteiger partial charge is 0.491 e. The molecule has 0 heterocycles. The van der Waals surface area contributed by atoms with Gasteiger partial charge in [0.25, 0.3) is 0 Å². The zero-order valence-corrected chi connectivity index (χ0v) is 12.9. The van der Waals surface area contributed by atoms with Crippen molar-refractivity contribution in [1.82, 2.24) is 0 Å². The Morgan fingerprint density at radius 3 is 2.20 bits per heavy atom. The minimum Gasteiger partial charge on any atom is -0.491 e. The smallest absolute Gasteiger partial charge is 0.147 e. The summed E-state index contributed by atoms with van der Waals surface area (Å²) >= 11 is 10.3. The fraction of sp³-hybridized carbons (Fsp3) is 0.400. The molecule has 0 spiro atoms. The molecule has 5 heteroatoms. The van der Waals surface area contributed by atoms with Gasteiger partial charge >= 0.3 is 0 Å². The summed E-state index contributed by atoms with van der Waals surface area (Å²) in [5.74, 6) is 0.843. The molecule has 2 N–H and O–H groups in total. The average molecular weight is 402 g/mol.